The average Bonchev–Trinajstić information content (AvgIpc) is 2.13. The second kappa shape index (κ2) is 3.35. The second-order valence-electron chi connectivity index (χ2n) is 3.38. The molecule has 2 unspecified atom stereocenters. The van der Waals surface area contributed by atoms with E-state index in [0.29, 0.717) is 18.2 Å². The molecule has 2 N–H and O–H groups in total. The van der Waals surface area contributed by atoms with Crippen LogP contribution in [0.25, 0.3) is 0 Å². The van der Waals surface area contributed by atoms with Crippen molar-refractivity contribution in [3.05, 3.63) is 0 Å². The summed E-state index contributed by atoms with van der Waals surface area (Å²) in [5.74, 6) is 0. The normalized spacial score (nSPS) is 33.6. The zero-order chi connectivity index (χ0) is 7.56. The van der Waals surface area contributed by atoms with Gasteiger partial charge in [0.15, 0.2) is 0 Å². The van der Waals surface area contributed by atoms with Crippen LogP contribution in [0.4, 0.5) is 0 Å². The molecule has 1 aliphatic rings. The van der Waals surface area contributed by atoms with Crippen LogP contribution in [0.2, 0.25) is 0 Å². The molecule has 1 aliphatic carbocycles. The highest BCUT2D eigenvalue weighted by Gasteiger charge is 2.22. The van der Waals surface area contributed by atoms with Crippen LogP contribution in [0.1, 0.15) is 33.1 Å². The fourth-order valence-electron chi connectivity index (χ4n) is 1.48. The molecule has 10 heavy (non-hydrogen) atoms. The molecule has 0 amide bonds. The van der Waals surface area contributed by atoms with E-state index in [9.17, 15) is 0 Å². The maximum absolute atomic E-state index is 5.72. The Balaban J connectivity index is 2.18. The Kier molecular flexibility index (Phi) is 2.69. The number of rotatable bonds is 2. The third-order valence-electron chi connectivity index (χ3n) is 1.89. The Hall–Kier alpha value is -0.0800. The molecule has 0 bridgehead atoms. The van der Waals surface area contributed by atoms with Crippen LogP contribution in [-0.2, 0) is 4.74 Å². The van der Waals surface area contributed by atoms with E-state index in [4.69, 9.17) is 10.5 Å². The van der Waals surface area contributed by atoms with Gasteiger partial charge in [0.2, 0.25) is 0 Å². The van der Waals surface area contributed by atoms with Crippen molar-refractivity contribution in [3.8, 4) is 0 Å². The van der Waals surface area contributed by atoms with E-state index in [2.05, 4.69) is 13.8 Å². The molecule has 0 aromatic heterocycles. The lowest BCUT2D eigenvalue weighted by molar-refractivity contribution is 0.0119. The van der Waals surface area contributed by atoms with Crippen molar-refractivity contribution in [1.82, 2.24) is 0 Å². The molecule has 0 radical (unpaired) electrons. The predicted octanol–water partition coefficient (Wildman–Crippen LogP) is 1.29. The maximum atomic E-state index is 5.72. The molecule has 0 aliphatic heterocycles. The van der Waals surface area contributed by atoms with Crippen LogP contribution in [0.5, 0.6) is 0 Å². The molecule has 60 valence electrons. The van der Waals surface area contributed by atoms with E-state index in [1.54, 1.807) is 0 Å². The summed E-state index contributed by atoms with van der Waals surface area (Å²) >= 11 is 0. The number of ether oxygens (including phenoxy) is 1. The summed E-state index contributed by atoms with van der Waals surface area (Å²) in [7, 11) is 0. The Morgan fingerprint density at radius 1 is 1.40 bits per heavy atom. The van der Waals surface area contributed by atoms with Gasteiger partial charge in [-0.2, -0.15) is 0 Å². The van der Waals surface area contributed by atoms with E-state index in [0.717, 1.165) is 19.3 Å². The van der Waals surface area contributed by atoms with Gasteiger partial charge in [-0.25, -0.2) is 0 Å². The molecule has 1 rings (SSSR count). The van der Waals surface area contributed by atoms with Crippen LogP contribution in [0.15, 0.2) is 0 Å². The lowest BCUT2D eigenvalue weighted by Gasteiger charge is -2.14. The van der Waals surface area contributed by atoms with Crippen LogP contribution >= 0.6 is 0 Å². The van der Waals surface area contributed by atoms with Crippen molar-refractivity contribution < 1.29 is 4.74 Å². The van der Waals surface area contributed by atoms with Crippen LogP contribution < -0.4 is 5.73 Å². The van der Waals surface area contributed by atoms with Gasteiger partial charge in [0, 0.05) is 6.04 Å². The fraction of sp³-hybridized carbons (Fsp3) is 1.00. The van der Waals surface area contributed by atoms with Gasteiger partial charge >= 0.3 is 0 Å². The quantitative estimate of drug-likeness (QED) is 0.632. The lowest BCUT2D eigenvalue weighted by atomic mass is 10.3. The summed E-state index contributed by atoms with van der Waals surface area (Å²) in [5, 5.41) is 0. The number of nitrogens with two attached hydrogens (primary N) is 1. The van der Waals surface area contributed by atoms with Crippen molar-refractivity contribution in [2.24, 2.45) is 5.73 Å². The molecule has 0 aromatic carbocycles. The van der Waals surface area contributed by atoms with Crippen molar-refractivity contribution in [2.45, 2.75) is 51.4 Å². The van der Waals surface area contributed by atoms with Gasteiger partial charge in [-0.05, 0) is 33.1 Å². The second-order valence-corrected chi connectivity index (χ2v) is 3.38. The fourth-order valence-corrected chi connectivity index (χ4v) is 1.48. The summed E-state index contributed by atoms with van der Waals surface area (Å²) in [4.78, 5) is 0. The summed E-state index contributed by atoms with van der Waals surface area (Å²) in [6.45, 7) is 4.15. The lowest BCUT2D eigenvalue weighted by Crippen LogP contribution is -2.19. The SMILES string of the molecule is CC(C)OC1CCC(N)C1. The van der Waals surface area contributed by atoms with E-state index in [-0.39, 0.29) is 0 Å². The zero-order valence-corrected chi connectivity index (χ0v) is 6.84. The van der Waals surface area contributed by atoms with Gasteiger partial charge < -0.3 is 10.5 Å². The molecular formula is C8H17NO. The minimum atomic E-state index is 0.357. The van der Waals surface area contributed by atoms with Crippen molar-refractivity contribution in [1.29, 1.82) is 0 Å². The third kappa shape index (κ3) is 2.27. The highest BCUT2D eigenvalue weighted by atomic mass is 16.5. The molecule has 1 fully saturated rings. The largest absolute Gasteiger partial charge is 0.376 e. The standard InChI is InChI=1S/C8H17NO/c1-6(2)10-8-4-3-7(9)5-8/h6-8H,3-5,9H2,1-2H3. The van der Waals surface area contributed by atoms with Crippen LogP contribution in [-0.4, -0.2) is 18.2 Å². The van der Waals surface area contributed by atoms with Crippen molar-refractivity contribution in [3.63, 3.8) is 0 Å². The maximum Gasteiger partial charge on any atom is 0.0594 e. The van der Waals surface area contributed by atoms with Gasteiger partial charge in [0.25, 0.3) is 0 Å². The van der Waals surface area contributed by atoms with E-state index in [1.807, 2.05) is 0 Å². The monoisotopic (exact) mass is 143 g/mol. The molecule has 2 nitrogen and oxygen atoms in total. The minimum Gasteiger partial charge on any atom is -0.376 e. The van der Waals surface area contributed by atoms with Crippen molar-refractivity contribution in [2.75, 3.05) is 0 Å². The Bertz CT molecular complexity index is 103. The first-order chi connectivity index (χ1) is 4.68. The van der Waals surface area contributed by atoms with Gasteiger partial charge in [-0.15, -0.1) is 0 Å². The van der Waals surface area contributed by atoms with Gasteiger partial charge in [-0.3, -0.25) is 0 Å². The summed E-state index contributed by atoms with van der Waals surface area (Å²) in [6.07, 6.45) is 4.14. The predicted molar refractivity (Wildman–Crippen MR) is 41.8 cm³/mol. The zero-order valence-electron chi connectivity index (χ0n) is 6.84. The molecule has 0 spiro atoms. The van der Waals surface area contributed by atoms with Gasteiger partial charge in [0.1, 0.15) is 0 Å². The first-order valence-electron chi connectivity index (χ1n) is 4.09. The first-order valence-corrected chi connectivity index (χ1v) is 4.09. The molecule has 1 saturated carbocycles. The topological polar surface area (TPSA) is 35.2 Å². The van der Waals surface area contributed by atoms with E-state index in [1.165, 1.54) is 0 Å². The summed E-state index contributed by atoms with van der Waals surface area (Å²) in [5.41, 5.74) is 5.72. The number of hydrogen-bond acceptors (Lipinski definition) is 2. The Morgan fingerprint density at radius 2 is 2.10 bits per heavy atom. The Morgan fingerprint density at radius 3 is 2.50 bits per heavy atom. The van der Waals surface area contributed by atoms with Crippen LogP contribution in [0, 0.1) is 0 Å². The van der Waals surface area contributed by atoms with E-state index < -0.39 is 0 Å². The highest BCUT2D eigenvalue weighted by molar-refractivity contribution is 4.78. The molecule has 0 aromatic rings. The molecule has 2 heteroatoms. The minimum absolute atomic E-state index is 0.357. The van der Waals surface area contributed by atoms with Gasteiger partial charge in [0.05, 0.1) is 12.2 Å². The van der Waals surface area contributed by atoms with E-state index >= 15 is 0 Å². The number of hydrogen-bond donors (Lipinski definition) is 1. The molecule has 0 heterocycles. The summed E-state index contributed by atoms with van der Waals surface area (Å²) < 4.78 is 5.60. The first kappa shape index (κ1) is 8.02. The highest BCUT2D eigenvalue weighted by Crippen LogP contribution is 2.21. The van der Waals surface area contributed by atoms with Crippen molar-refractivity contribution >= 4 is 0 Å². The smallest absolute Gasteiger partial charge is 0.0594 e. The average molecular weight is 143 g/mol. The van der Waals surface area contributed by atoms with Gasteiger partial charge in [-0.1, -0.05) is 0 Å². The molecule has 2 atom stereocenters. The summed E-state index contributed by atoms with van der Waals surface area (Å²) in [6, 6.07) is 0.392. The third-order valence-corrected chi connectivity index (χ3v) is 1.89. The Labute approximate surface area is 62.7 Å². The molecular weight excluding hydrogens is 126 g/mol. The molecule has 0 saturated heterocycles. The van der Waals surface area contributed by atoms with Crippen LogP contribution in [0.3, 0.4) is 0 Å².